The quantitative estimate of drug-likeness (QED) is 0.142. The van der Waals surface area contributed by atoms with Crippen molar-refractivity contribution in [2.24, 2.45) is 9.98 Å². The summed E-state index contributed by atoms with van der Waals surface area (Å²) in [5.74, 6) is 0. The van der Waals surface area contributed by atoms with Crippen LogP contribution in [0.3, 0.4) is 0 Å². The maximum Gasteiger partial charge on any atom is 0.0911 e. The van der Waals surface area contributed by atoms with Gasteiger partial charge in [-0.25, -0.2) is 0 Å². The van der Waals surface area contributed by atoms with Crippen LogP contribution in [-0.2, 0) is 0 Å². The molecule has 0 aliphatic heterocycles. The largest absolute Gasteiger partial charge is 0.283 e. The third-order valence-corrected chi connectivity index (χ3v) is 6.66. The molecule has 0 amide bonds. The van der Waals surface area contributed by atoms with Crippen LogP contribution < -0.4 is 10.7 Å². The topological polar surface area (TPSA) is 24.7 Å². The van der Waals surface area contributed by atoms with Gasteiger partial charge in [0.2, 0.25) is 0 Å². The molecule has 2 nitrogen and oxygen atoms in total. The first-order chi connectivity index (χ1) is 15.8. The Hall–Kier alpha value is -3.00. The molecule has 0 bridgehead atoms. The van der Waals surface area contributed by atoms with Crippen molar-refractivity contribution in [1.82, 2.24) is 0 Å². The van der Waals surface area contributed by atoms with Gasteiger partial charge in [0.15, 0.2) is 0 Å². The lowest BCUT2D eigenvalue weighted by atomic mass is 9.89. The van der Waals surface area contributed by atoms with Gasteiger partial charge >= 0.3 is 0 Å². The number of unbranched alkanes of at least 4 members (excludes halogenated alkanes) is 4. The predicted molar refractivity (Wildman–Crippen MR) is 139 cm³/mol. The van der Waals surface area contributed by atoms with Gasteiger partial charge in [-0.3, -0.25) is 9.98 Å². The summed E-state index contributed by atoms with van der Waals surface area (Å²) >= 11 is 0. The van der Waals surface area contributed by atoms with E-state index in [-0.39, 0.29) is 0 Å². The molecule has 0 aliphatic carbocycles. The van der Waals surface area contributed by atoms with E-state index >= 15 is 0 Å². The monoisotopic (exact) mass is 420 g/mol. The second-order valence-electron chi connectivity index (χ2n) is 8.91. The summed E-state index contributed by atoms with van der Waals surface area (Å²) in [6, 6.07) is 22.3. The van der Waals surface area contributed by atoms with Crippen molar-refractivity contribution in [2.45, 2.75) is 52.4 Å². The van der Waals surface area contributed by atoms with Crippen LogP contribution in [0, 0.1) is 0 Å². The molecule has 0 saturated carbocycles. The number of hydrogen-bond acceptors (Lipinski definition) is 2. The minimum Gasteiger partial charge on any atom is -0.283 e. The van der Waals surface area contributed by atoms with Crippen LogP contribution in [0.15, 0.2) is 70.6 Å². The molecule has 0 radical (unpaired) electrons. The first kappa shape index (κ1) is 20.9. The first-order valence-corrected chi connectivity index (χ1v) is 12.3. The summed E-state index contributed by atoms with van der Waals surface area (Å²) in [5.41, 5.74) is 0. The smallest absolute Gasteiger partial charge is 0.0911 e. The number of nitrogens with zero attached hydrogens (tertiary/aromatic N) is 2. The lowest BCUT2D eigenvalue weighted by Gasteiger charge is -2.14. The second-order valence-corrected chi connectivity index (χ2v) is 8.91. The van der Waals surface area contributed by atoms with Gasteiger partial charge in [0.25, 0.3) is 0 Å². The maximum absolute atomic E-state index is 5.20. The molecule has 162 valence electrons. The Balaban J connectivity index is 1.92. The standard InChI is InChI=1S/C30H32N2/c1-3-5-7-18-31-26-20-22-14-11-16-24-23-15-9-12-21-13-10-17-25(27(21)23)29(28(22)24)30(26)32-19-8-6-4-2/h9-17,20H,3-8,18-19H2,1-2H3. The molecule has 5 rings (SSSR count). The molecule has 32 heavy (non-hydrogen) atoms. The minimum absolute atomic E-state index is 0.865. The summed E-state index contributed by atoms with van der Waals surface area (Å²) in [6.45, 7) is 6.23. The van der Waals surface area contributed by atoms with Gasteiger partial charge in [-0.15, -0.1) is 0 Å². The molecule has 5 aromatic carbocycles. The second kappa shape index (κ2) is 9.24. The molecular weight excluding hydrogens is 388 g/mol. The van der Waals surface area contributed by atoms with E-state index < -0.39 is 0 Å². The van der Waals surface area contributed by atoms with E-state index in [1.165, 1.54) is 68.8 Å². The molecule has 0 heterocycles. The van der Waals surface area contributed by atoms with Crippen LogP contribution in [0.2, 0.25) is 0 Å². The molecule has 0 N–H and O–H groups in total. The van der Waals surface area contributed by atoms with E-state index in [2.05, 4.69) is 74.5 Å². The van der Waals surface area contributed by atoms with Crippen molar-refractivity contribution in [1.29, 1.82) is 0 Å². The maximum atomic E-state index is 5.20. The summed E-state index contributed by atoms with van der Waals surface area (Å²) in [4.78, 5) is 10.3. The molecule has 0 atom stereocenters. The molecule has 0 unspecified atom stereocenters. The Bertz CT molecular complexity index is 1490. The lowest BCUT2D eigenvalue weighted by Crippen LogP contribution is -2.27. The summed E-state index contributed by atoms with van der Waals surface area (Å²) in [7, 11) is 0. The fourth-order valence-corrected chi connectivity index (χ4v) is 5.09. The van der Waals surface area contributed by atoms with E-state index in [0.717, 1.165) is 36.6 Å². The number of rotatable bonds is 8. The number of hydrogen-bond donors (Lipinski definition) is 0. The highest BCUT2D eigenvalue weighted by Crippen LogP contribution is 2.38. The minimum atomic E-state index is 0.865. The molecule has 0 spiro atoms. The van der Waals surface area contributed by atoms with E-state index in [0.29, 0.717) is 0 Å². The van der Waals surface area contributed by atoms with Gasteiger partial charge in [-0.1, -0.05) is 94.1 Å². The molecule has 0 fully saturated rings. The molecule has 0 aliphatic rings. The first-order valence-electron chi connectivity index (χ1n) is 12.3. The molecule has 5 aromatic rings. The third kappa shape index (κ3) is 3.62. The van der Waals surface area contributed by atoms with Gasteiger partial charge < -0.3 is 0 Å². The number of fused-ring (bicyclic) bond motifs is 2. The third-order valence-electron chi connectivity index (χ3n) is 6.66. The van der Waals surface area contributed by atoms with Crippen LogP contribution in [-0.4, -0.2) is 13.1 Å². The SMILES string of the molecule is CCCCCN=c1cc2cccc3c4cccc5cccc(c(c1=NCCCCC)c23)c54. The van der Waals surface area contributed by atoms with Gasteiger partial charge in [0, 0.05) is 18.5 Å². The van der Waals surface area contributed by atoms with Crippen LogP contribution in [0.5, 0.6) is 0 Å². The predicted octanol–water partition coefficient (Wildman–Crippen LogP) is 7.36. The van der Waals surface area contributed by atoms with Crippen molar-refractivity contribution < 1.29 is 0 Å². The van der Waals surface area contributed by atoms with Gasteiger partial charge in [0.05, 0.1) is 10.7 Å². The fraction of sp³-hybridized carbons (Fsp3) is 0.333. The summed E-state index contributed by atoms with van der Waals surface area (Å²) in [5, 5.41) is 12.7. The van der Waals surface area contributed by atoms with Crippen LogP contribution in [0.1, 0.15) is 52.4 Å². The average molecular weight is 421 g/mol. The lowest BCUT2D eigenvalue weighted by molar-refractivity contribution is 0.713. The van der Waals surface area contributed by atoms with Crippen LogP contribution in [0.4, 0.5) is 0 Å². The molecule has 0 saturated heterocycles. The Morgan fingerprint density at radius 3 is 1.84 bits per heavy atom. The average Bonchev–Trinajstić information content (AvgIpc) is 2.83. The van der Waals surface area contributed by atoms with E-state index in [9.17, 15) is 0 Å². The van der Waals surface area contributed by atoms with E-state index in [4.69, 9.17) is 9.98 Å². The normalized spacial score (nSPS) is 13.4. The summed E-state index contributed by atoms with van der Waals surface area (Å²) < 4.78 is 0. The van der Waals surface area contributed by atoms with Crippen molar-refractivity contribution in [3.63, 3.8) is 0 Å². The Morgan fingerprint density at radius 1 is 0.562 bits per heavy atom. The zero-order chi connectivity index (χ0) is 21.9. The van der Waals surface area contributed by atoms with Gasteiger partial charge in [0.1, 0.15) is 0 Å². The van der Waals surface area contributed by atoms with E-state index in [1.54, 1.807) is 0 Å². The zero-order valence-electron chi connectivity index (χ0n) is 19.3. The summed E-state index contributed by atoms with van der Waals surface area (Å²) in [6.07, 6.45) is 7.14. The van der Waals surface area contributed by atoms with Gasteiger partial charge in [-0.05, 0) is 56.6 Å². The molecule has 0 aromatic heterocycles. The molecular formula is C30H32N2. The fourth-order valence-electron chi connectivity index (χ4n) is 5.09. The van der Waals surface area contributed by atoms with Crippen LogP contribution >= 0.6 is 0 Å². The Labute approximate surface area is 190 Å². The van der Waals surface area contributed by atoms with Crippen molar-refractivity contribution >= 4 is 43.1 Å². The van der Waals surface area contributed by atoms with Crippen LogP contribution in [0.25, 0.3) is 43.1 Å². The van der Waals surface area contributed by atoms with Crippen molar-refractivity contribution in [3.8, 4) is 0 Å². The Kier molecular flexibility index (Phi) is 6.03. The Morgan fingerprint density at radius 2 is 1.16 bits per heavy atom. The zero-order valence-corrected chi connectivity index (χ0v) is 19.3. The highest BCUT2D eigenvalue weighted by atomic mass is 14.8. The van der Waals surface area contributed by atoms with Gasteiger partial charge in [-0.2, -0.15) is 0 Å². The van der Waals surface area contributed by atoms with Crippen molar-refractivity contribution in [3.05, 3.63) is 71.4 Å². The van der Waals surface area contributed by atoms with E-state index in [1.807, 2.05) is 0 Å². The number of benzene rings is 5. The highest BCUT2D eigenvalue weighted by molar-refractivity contribution is 6.32. The molecule has 2 heteroatoms. The highest BCUT2D eigenvalue weighted by Gasteiger charge is 2.15. The van der Waals surface area contributed by atoms with Crippen molar-refractivity contribution in [2.75, 3.05) is 13.1 Å².